The highest BCUT2D eigenvalue weighted by molar-refractivity contribution is 5.55. The van der Waals surface area contributed by atoms with Crippen molar-refractivity contribution in [3.8, 4) is 0 Å². The van der Waals surface area contributed by atoms with E-state index < -0.39 is 0 Å². The van der Waals surface area contributed by atoms with Crippen molar-refractivity contribution in [2.75, 3.05) is 11.4 Å². The highest BCUT2D eigenvalue weighted by Gasteiger charge is 2.22. The lowest BCUT2D eigenvalue weighted by atomic mass is 10.1. The van der Waals surface area contributed by atoms with Crippen molar-refractivity contribution >= 4 is 5.69 Å². The van der Waals surface area contributed by atoms with Gasteiger partial charge in [0.2, 0.25) is 0 Å². The summed E-state index contributed by atoms with van der Waals surface area (Å²) in [6, 6.07) is 5.97. The summed E-state index contributed by atoms with van der Waals surface area (Å²) in [7, 11) is 0. The van der Waals surface area contributed by atoms with Crippen LogP contribution in [0.4, 0.5) is 10.1 Å². The Morgan fingerprint density at radius 2 is 2.00 bits per heavy atom. The number of halogens is 1. The Morgan fingerprint density at radius 3 is 2.71 bits per heavy atom. The van der Waals surface area contributed by atoms with Crippen molar-refractivity contribution in [3.63, 3.8) is 0 Å². The van der Waals surface area contributed by atoms with Gasteiger partial charge in [-0.3, -0.25) is 0 Å². The molecule has 1 fully saturated rings. The lowest BCUT2D eigenvalue weighted by Crippen LogP contribution is -2.37. The minimum Gasteiger partial charge on any atom is -0.368 e. The molecule has 0 saturated carbocycles. The molecule has 1 unspecified atom stereocenters. The summed E-state index contributed by atoms with van der Waals surface area (Å²) in [6.07, 6.45) is 4.96. The van der Waals surface area contributed by atoms with Gasteiger partial charge in [0, 0.05) is 35.9 Å². The van der Waals surface area contributed by atoms with E-state index in [1.165, 1.54) is 25.7 Å². The molecular weight excluding hydrogens is 263 g/mol. The number of benzene rings is 1. The molecule has 0 radical (unpaired) electrons. The van der Waals surface area contributed by atoms with E-state index in [0.29, 0.717) is 12.6 Å². The third-order valence-corrected chi connectivity index (χ3v) is 4.25. The van der Waals surface area contributed by atoms with Crippen LogP contribution in [0, 0.1) is 5.82 Å². The Labute approximate surface area is 128 Å². The summed E-state index contributed by atoms with van der Waals surface area (Å²) >= 11 is 0. The standard InChI is InChI=1S/C18H29FN2/c1-14-9-6-5-7-12-21(14)17-11-8-10-16(19)15(17)13-20-18(2,3)4/h8,10-11,14,20H,5-7,9,12-13H2,1-4H3. The topological polar surface area (TPSA) is 15.3 Å². The summed E-state index contributed by atoms with van der Waals surface area (Å²) in [5.74, 6) is -0.0966. The third-order valence-electron chi connectivity index (χ3n) is 4.25. The molecule has 2 nitrogen and oxygen atoms in total. The number of nitrogens with zero attached hydrogens (tertiary/aromatic N) is 1. The predicted octanol–water partition coefficient (Wildman–Crippen LogP) is 4.48. The van der Waals surface area contributed by atoms with Crippen molar-refractivity contribution < 1.29 is 4.39 Å². The molecule has 1 N–H and O–H groups in total. The molecule has 1 aromatic carbocycles. The molecule has 0 spiro atoms. The highest BCUT2D eigenvalue weighted by Crippen LogP contribution is 2.29. The second-order valence-corrected chi connectivity index (χ2v) is 7.23. The van der Waals surface area contributed by atoms with Gasteiger partial charge in [-0.1, -0.05) is 18.9 Å². The molecular formula is C18H29FN2. The Hall–Kier alpha value is -1.09. The Kier molecular flexibility index (Phi) is 5.26. The van der Waals surface area contributed by atoms with Gasteiger partial charge >= 0.3 is 0 Å². The summed E-state index contributed by atoms with van der Waals surface area (Å²) in [5.41, 5.74) is 1.87. The predicted molar refractivity (Wildman–Crippen MR) is 88.3 cm³/mol. The van der Waals surface area contributed by atoms with E-state index in [1.54, 1.807) is 6.07 Å². The number of hydrogen-bond donors (Lipinski definition) is 1. The minimum atomic E-state index is -0.0966. The van der Waals surface area contributed by atoms with E-state index in [1.807, 2.05) is 6.07 Å². The molecule has 1 aliphatic rings. The Bertz CT molecular complexity index is 465. The zero-order valence-corrected chi connectivity index (χ0v) is 13.9. The zero-order chi connectivity index (χ0) is 15.5. The maximum Gasteiger partial charge on any atom is 0.129 e. The van der Waals surface area contributed by atoms with Gasteiger partial charge in [-0.15, -0.1) is 0 Å². The fourth-order valence-corrected chi connectivity index (χ4v) is 2.98. The monoisotopic (exact) mass is 292 g/mol. The summed E-state index contributed by atoms with van der Waals surface area (Å²) in [5, 5.41) is 3.42. The van der Waals surface area contributed by atoms with E-state index >= 15 is 0 Å². The van der Waals surface area contributed by atoms with Gasteiger partial charge in [-0.05, 0) is 52.7 Å². The van der Waals surface area contributed by atoms with Gasteiger partial charge in [-0.2, -0.15) is 0 Å². The molecule has 1 atom stereocenters. The average Bonchev–Trinajstić information content (AvgIpc) is 2.60. The second kappa shape index (κ2) is 6.78. The lowest BCUT2D eigenvalue weighted by Gasteiger charge is -2.32. The number of anilines is 1. The quantitative estimate of drug-likeness (QED) is 0.883. The SMILES string of the molecule is CC1CCCCCN1c1cccc(F)c1CNC(C)(C)C. The first kappa shape index (κ1) is 16.3. The van der Waals surface area contributed by atoms with Crippen LogP contribution < -0.4 is 10.2 Å². The van der Waals surface area contributed by atoms with E-state index in [9.17, 15) is 4.39 Å². The van der Waals surface area contributed by atoms with E-state index in [-0.39, 0.29) is 11.4 Å². The molecule has 2 rings (SSSR count). The fraction of sp³-hybridized carbons (Fsp3) is 0.667. The minimum absolute atomic E-state index is 0.00997. The van der Waals surface area contributed by atoms with Crippen LogP contribution in [-0.4, -0.2) is 18.1 Å². The molecule has 0 aromatic heterocycles. The molecule has 1 aromatic rings. The van der Waals surface area contributed by atoms with Gasteiger partial charge in [0.1, 0.15) is 5.82 Å². The average molecular weight is 292 g/mol. The first-order valence-electron chi connectivity index (χ1n) is 8.17. The van der Waals surface area contributed by atoms with Crippen molar-refractivity contribution in [3.05, 3.63) is 29.6 Å². The van der Waals surface area contributed by atoms with Gasteiger partial charge in [0.15, 0.2) is 0 Å². The van der Waals surface area contributed by atoms with Crippen LogP contribution in [0.3, 0.4) is 0 Å². The van der Waals surface area contributed by atoms with Crippen LogP contribution in [0.1, 0.15) is 58.9 Å². The largest absolute Gasteiger partial charge is 0.368 e. The fourth-order valence-electron chi connectivity index (χ4n) is 2.98. The number of nitrogens with one attached hydrogen (secondary N) is 1. The maximum atomic E-state index is 14.3. The van der Waals surface area contributed by atoms with Crippen LogP contribution >= 0.6 is 0 Å². The molecule has 21 heavy (non-hydrogen) atoms. The molecule has 1 heterocycles. The van der Waals surface area contributed by atoms with Crippen LogP contribution in [0.25, 0.3) is 0 Å². The van der Waals surface area contributed by atoms with Gasteiger partial charge in [-0.25, -0.2) is 4.39 Å². The lowest BCUT2D eigenvalue weighted by molar-refractivity contribution is 0.418. The van der Waals surface area contributed by atoms with Crippen LogP contribution in [0.15, 0.2) is 18.2 Å². The third kappa shape index (κ3) is 4.44. The second-order valence-electron chi connectivity index (χ2n) is 7.23. The van der Waals surface area contributed by atoms with Crippen molar-refractivity contribution in [2.24, 2.45) is 0 Å². The van der Waals surface area contributed by atoms with Crippen LogP contribution in [-0.2, 0) is 6.54 Å². The van der Waals surface area contributed by atoms with E-state index in [2.05, 4.69) is 44.0 Å². The van der Waals surface area contributed by atoms with Crippen LogP contribution in [0.2, 0.25) is 0 Å². The first-order chi connectivity index (χ1) is 9.88. The Balaban J connectivity index is 2.27. The molecule has 118 valence electrons. The molecule has 1 aliphatic heterocycles. The number of hydrogen-bond acceptors (Lipinski definition) is 2. The van der Waals surface area contributed by atoms with E-state index in [0.717, 1.165) is 17.8 Å². The van der Waals surface area contributed by atoms with E-state index in [4.69, 9.17) is 0 Å². The smallest absolute Gasteiger partial charge is 0.129 e. The van der Waals surface area contributed by atoms with Gasteiger partial charge < -0.3 is 10.2 Å². The summed E-state index contributed by atoms with van der Waals surface area (Å²) in [6.45, 7) is 10.2. The molecule has 3 heteroatoms. The number of rotatable bonds is 3. The molecule has 0 amide bonds. The summed E-state index contributed by atoms with van der Waals surface area (Å²) in [4.78, 5) is 2.40. The van der Waals surface area contributed by atoms with Crippen LogP contribution in [0.5, 0.6) is 0 Å². The highest BCUT2D eigenvalue weighted by atomic mass is 19.1. The van der Waals surface area contributed by atoms with Crippen molar-refractivity contribution in [1.82, 2.24) is 5.32 Å². The first-order valence-corrected chi connectivity index (χ1v) is 8.17. The van der Waals surface area contributed by atoms with Gasteiger partial charge in [0.25, 0.3) is 0 Å². The molecule has 0 aliphatic carbocycles. The maximum absolute atomic E-state index is 14.3. The van der Waals surface area contributed by atoms with Gasteiger partial charge in [0.05, 0.1) is 0 Å². The summed E-state index contributed by atoms with van der Waals surface area (Å²) < 4.78 is 14.3. The van der Waals surface area contributed by atoms with Crippen molar-refractivity contribution in [2.45, 2.75) is 71.5 Å². The Morgan fingerprint density at radius 1 is 1.24 bits per heavy atom. The normalized spacial score (nSPS) is 20.4. The zero-order valence-electron chi connectivity index (χ0n) is 13.9. The molecule has 1 saturated heterocycles. The molecule has 0 bridgehead atoms. The van der Waals surface area contributed by atoms with Crippen molar-refractivity contribution in [1.29, 1.82) is 0 Å².